The van der Waals surface area contributed by atoms with Gasteiger partial charge in [0, 0.05) is 0 Å². The summed E-state index contributed by atoms with van der Waals surface area (Å²) in [6.45, 7) is 1.90. The smallest absolute Gasteiger partial charge is 0.337 e. The molecule has 1 N–H and O–H groups in total. The van der Waals surface area contributed by atoms with E-state index in [1.54, 1.807) is 18.2 Å². The Balaban J connectivity index is 1.65. The molecule has 0 spiro atoms. The standard InChI is InChI=1S/C20H16N4O3S/c1-11-19(23-15-6-4-3-5-14(15)21-11)28-10-17-22-16-9-12(20(26)27-2)7-8-13(16)18(25)24-17/h3-9H,10H2,1-2H3,(H,22,24,25). The van der Waals surface area contributed by atoms with Crippen LogP contribution in [0.4, 0.5) is 0 Å². The second kappa shape index (κ2) is 7.40. The molecule has 0 unspecified atom stereocenters. The number of nitrogens with zero attached hydrogens (tertiary/aromatic N) is 3. The van der Waals surface area contributed by atoms with Crippen molar-refractivity contribution in [2.45, 2.75) is 17.7 Å². The fraction of sp³-hybridized carbons (Fsp3) is 0.150. The third kappa shape index (κ3) is 3.46. The number of H-pyrrole nitrogens is 1. The first-order chi connectivity index (χ1) is 13.5. The number of carbonyl (C=O) groups excluding carboxylic acids is 1. The molecule has 0 atom stereocenters. The minimum atomic E-state index is -0.470. The molecule has 2 aromatic carbocycles. The van der Waals surface area contributed by atoms with Gasteiger partial charge in [-0.05, 0) is 37.3 Å². The van der Waals surface area contributed by atoms with Crippen LogP contribution >= 0.6 is 11.8 Å². The van der Waals surface area contributed by atoms with Gasteiger partial charge in [0.25, 0.3) is 5.56 Å². The maximum atomic E-state index is 12.4. The van der Waals surface area contributed by atoms with E-state index >= 15 is 0 Å². The molecule has 0 saturated carbocycles. The minimum absolute atomic E-state index is 0.252. The second-order valence-electron chi connectivity index (χ2n) is 6.13. The number of hydrogen-bond donors (Lipinski definition) is 1. The van der Waals surface area contributed by atoms with Crippen LogP contribution in [-0.4, -0.2) is 33.0 Å². The lowest BCUT2D eigenvalue weighted by molar-refractivity contribution is 0.0601. The molecule has 0 fully saturated rings. The largest absolute Gasteiger partial charge is 0.465 e. The van der Waals surface area contributed by atoms with Gasteiger partial charge in [0.2, 0.25) is 0 Å². The normalized spacial score (nSPS) is 11.1. The minimum Gasteiger partial charge on any atom is -0.465 e. The summed E-state index contributed by atoms with van der Waals surface area (Å²) in [4.78, 5) is 40.6. The van der Waals surface area contributed by atoms with Gasteiger partial charge < -0.3 is 9.72 Å². The Bertz CT molecular complexity index is 1270. The number of para-hydroxylation sites is 2. The summed E-state index contributed by atoms with van der Waals surface area (Å²) in [6, 6.07) is 12.4. The first-order valence-electron chi connectivity index (χ1n) is 8.52. The van der Waals surface area contributed by atoms with Crippen molar-refractivity contribution in [2.24, 2.45) is 0 Å². The molecule has 0 aliphatic carbocycles. The van der Waals surface area contributed by atoms with Crippen LogP contribution in [0.5, 0.6) is 0 Å². The predicted octanol–water partition coefficient (Wildman–Crippen LogP) is 3.25. The van der Waals surface area contributed by atoms with Crippen molar-refractivity contribution in [2.75, 3.05) is 7.11 Å². The number of esters is 1. The van der Waals surface area contributed by atoms with E-state index in [0.717, 1.165) is 21.8 Å². The van der Waals surface area contributed by atoms with Crippen molar-refractivity contribution in [1.82, 2.24) is 19.9 Å². The van der Waals surface area contributed by atoms with Crippen molar-refractivity contribution in [3.63, 3.8) is 0 Å². The van der Waals surface area contributed by atoms with E-state index < -0.39 is 5.97 Å². The van der Waals surface area contributed by atoms with Gasteiger partial charge >= 0.3 is 5.97 Å². The fourth-order valence-electron chi connectivity index (χ4n) is 2.85. The average molecular weight is 392 g/mol. The molecular weight excluding hydrogens is 376 g/mol. The van der Waals surface area contributed by atoms with Gasteiger partial charge in [-0.25, -0.2) is 19.7 Å². The quantitative estimate of drug-likeness (QED) is 0.420. The molecule has 0 amide bonds. The molecule has 140 valence electrons. The SMILES string of the molecule is COC(=O)c1ccc2c(=O)[nH]c(CSc3nc4ccccc4nc3C)nc2c1. The summed E-state index contributed by atoms with van der Waals surface area (Å²) >= 11 is 1.45. The number of carbonyl (C=O) groups is 1. The van der Waals surface area contributed by atoms with Gasteiger partial charge in [-0.1, -0.05) is 23.9 Å². The average Bonchev–Trinajstić information content (AvgIpc) is 2.71. The van der Waals surface area contributed by atoms with Crippen molar-refractivity contribution < 1.29 is 9.53 Å². The molecule has 2 heterocycles. The highest BCUT2D eigenvalue weighted by Crippen LogP contribution is 2.24. The second-order valence-corrected chi connectivity index (χ2v) is 7.09. The Kier molecular flexibility index (Phi) is 4.79. The number of thioether (sulfide) groups is 1. The van der Waals surface area contributed by atoms with Gasteiger partial charge in [-0.3, -0.25) is 4.79 Å². The number of methoxy groups -OCH3 is 1. The number of rotatable bonds is 4. The molecule has 0 aliphatic heterocycles. The summed E-state index contributed by atoms with van der Waals surface area (Å²) in [5, 5.41) is 1.20. The van der Waals surface area contributed by atoms with Crippen LogP contribution < -0.4 is 5.56 Å². The van der Waals surface area contributed by atoms with Crippen molar-refractivity contribution in [3.05, 3.63) is 69.9 Å². The van der Waals surface area contributed by atoms with Gasteiger partial charge in [-0.2, -0.15) is 0 Å². The summed E-state index contributed by atoms with van der Waals surface area (Å²) in [5.74, 6) is 0.447. The Morgan fingerprint density at radius 2 is 1.82 bits per heavy atom. The van der Waals surface area contributed by atoms with E-state index in [0.29, 0.717) is 28.0 Å². The van der Waals surface area contributed by atoms with Crippen LogP contribution in [0.3, 0.4) is 0 Å². The Labute approximate surface area is 164 Å². The van der Waals surface area contributed by atoms with Crippen LogP contribution in [0.25, 0.3) is 21.9 Å². The highest BCUT2D eigenvalue weighted by Gasteiger charge is 2.11. The lowest BCUT2D eigenvalue weighted by atomic mass is 10.1. The predicted molar refractivity (Wildman–Crippen MR) is 108 cm³/mol. The van der Waals surface area contributed by atoms with Gasteiger partial charge in [0.1, 0.15) is 10.9 Å². The molecule has 28 heavy (non-hydrogen) atoms. The van der Waals surface area contributed by atoms with E-state index in [2.05, 4.69) is 19.9 Å². The molecule has 2 aromatic heterocycles. The highest BCUT2D eigenvalue weighted by molar-refractivity contribution is 7.98. The molecule has 0 aliphatic rings. The zero-order chi connectivity index (χ0) is 19.7. The van der Waals surface area contributed by atoms with Crippen molar-refractivity contribution >= 4 is 39.7 Å². The van der Waals surface area contributed by atoms with Crippen LogP contribution in [0, 0.1) is 6.92 Å². The number of aromatic amines is 1. The number of benzene rings is 2. The van der Waals surface area contributed by atoms with Gasteiger partial charge in [0.05, 0.1) is 46.1 Å². The molecule has 0 bridgehead atoms. The lowest BCUT2D eigenvalue weighted by Crippen LogP contribution is -2.12. The zero-order valence-electron chi connectivity index (χ0n) is 15.2. The highest BCUT2D eigenvalue weighted by atomic mass is 32.2. The third-order valence-electron chi connectivity index (χ3n) is 4.22. The maximum absolute atomic E-state index is 12.4. The Hall–Kier alpha value is -3.26. The van der Waals surface area contributed by atoms with Crippen molar-refractivity contribution in [3.8, 4) is 0 Å². The number of aromatic nitrogens is 4. The van der Waals surface area contributed by atoms with Crippen LogP contribution in [0.2, 0.25) is 0 Å². The third-order valence-corrected chi connectivity index (χ3v) is 5.30. The van der Waals surface area contributed by atoms with Crippen LogP contribution in [-0.2, 0) is 10.5 Å². The number of hydrogen-bond acceptors (Lipinski definition) is 7. The Morgan fingerprint density at radius 1 is 1.07 bits per heavy atom. The molecule has 4 aromatic rings. The maximum Gasteiger partial charge on any atom is 0.337 e. The van der Waals surface area contributed by atoms with Crippen LogP contribution in [0.1, 0.15) is 21.9 Å². The van der Waals surface area contributed by atoms with E-state index in [4.69, 9.17) is 4.74 Å². The first kappa shape index (κ1) is 18.1. The summed E-state index contributed by atoms with van der Waals surface area (Å²) < 4.78 is 4.73. The molecule has 0 saturated heterocycles. The van der Waals surface area contributed by atoms with E-state index in [1.807, 2.05) is 31.2 Å². The summed E-state index contributed by atoms with van der Waals surface area (Å²) in [7, 11) is 1.31. The lowest BCUT2D eigenvalue weighted by Gasteiger charge is -2.07. The number of aryl methyl sites for hydroxylation is 1. The van der Waals surface area contributed by atoms with E-state index in [9.17, 15) is 9.59 Å². The monoisotopic (exact) mass is 392 g/mol. The summed E-state index contributed by atoms with van der Waals surface area (Å²) in [5.41, 5.74) is 3.03. The molecule has 4 rings (SSSR count). The van der Waals surface area contributed by atoms with E-state index in [1.165, 1.54) is 18.9 Å². The first-order valence-corrected chi connectivity index (χ1v) is 9.51. The van der Waals surface area contributed by atoms with Gasteiger partial charge in [0.15, 0.2) is 0 Å². The van der Waals surface area contributed by atoms with Crippen molar-refractivity contribution in [1.29, 1.82) is 0 Å². The number of fused-ring (bicyclic) bond motifs is 2. The molecule has 7 nitrogen and oxygen atoms in total. The molecule has 0 radical (unpaired) electrons. The summed E-state index contributed by atoms with van der Waals surface area (Å²) in [6.07, 6.45) is 0. The van der Waals surface area contributed by atoms with E-state index in [-0.39, 0.29) is 5.56 Å². The topological polar surface area (TPSA) is 97.8 Å². The zero-order valence-corrected chi connectivity index (χ0v) is 16.0. The van der Waals surface area contributed by atoms with Crippen LogP contribution in [0.15, 0.2) is 52.3 Å². The Morgan fingerprint density at radius 3 is 2.57 bits per heavy atom. The molecular formula is C20H16N4O3S. The number of ether oxygens (including phenoxy) is 1. The number of nitrogens with one attached hydrogen (secondary N) is 1. The fourth-order valence-corrected chi connectivity index (χ4v) is 3.67. The van der Waals surface area contributed by atoms with Gasteiger partial charge in [-0.15, -0.1) is 0 Å². The molecule has 8 heteroatoms.